The number of aromatic nitrogens is 3. The summed E-state index contributed by atoms with van der Waals surface area (Å²) >= 11 is 0. The molecule has 5 nitrogen and oxygen atoms in total. The molecule has 0 spiro atoms. The maximum absolute atomic E-state index is 9.33. The van der Waals surface area contributed by atoms with Gasteiger partial charge >= 0.3 is 0 Å². The van der Waals surface area contributed by atoms with Gasteiger partial charge in [0.2, 0.25) is 0 Å². The molecule has 0 aliphatic rings. The van der Waals surface area contributed by atoms with Crippen molar-refractivity contribution in [3.8, 4) is 84.7 Å². The van der Waals surface area contributed by atoms with Gasteiger partial charge in [0.15, 0.2) is 17.5 Å². The SMILES string of the molecule is N#Cc1ccc(-c2cccc(-c3ccc4c5ccc(-c6cccc(-c7nc(-c8ccccc8)nc(-c8cccc(-c9ccccc9)c8)n7)c6)cc5c5oc6ccccc6c5c4c3)c2)cc1. The summed E-state index contributed by atoms with van der Waals surface area (Å²) in [5.74, 6) is 1.84. The molecular formula is C60H36N4O. The first-order valence-corrected chi connectivity index (χ1v) is 21.6. The lowest BCUT2D eigenvalue weighted by Gasteiger charge is -2.12. The highest BCUT2D eigenvalue weighted by atomic mass is 16.3. The number of para-hydroxylation sites is 1. The van der Waals surface area contributed by atoms with Gasteiger partial charge in [0.25, 0.3) is 0 Å². The van der Waals surface area contributed by atoms with Gasteiger partial charge in [-0.1, -0.05) is 170 Å². The van der Waals surface area contributed by atoms with E-state index in [1.54, 1.807) is 0 Å². The monoisotopic (exact) mass is 828 g/mol. The van der Waals surface area contributed by atoms with Crippen LogP contribution in [0.25, 0.3) is 122 Å². The second-order valence-electron chi connectivity index (χ2n) is 16.3. The summed E-state index contributed by atoms with van der Waals surface area (Å²) in [6.45, 7) is 0. The zero-order valence-corrected chi connectivity index (χ0v) is 35.0. The number of rotatable bonds is 7. The van der Waals surface area contributed by atoms with Crippen LogP contribution >= 0.6 is 0 Å². The lowest BCUT2D eigenvalue weighted by Crippen LogP contribution is -2.00. The summed E-state index contributed by atoms with van der Waals surface area (Å²) < 4.78 is 6.80. The highest BCUT2D eigenvalue weighted by molar-refractivity contribution is 6.30. The molecule has 0 saturated heterocycles. The third-order valence-corrected chi connectivity index (χ3v) is 12.3. The Bertz CT molecular complexity index is 3830. The first kappa shape index (κ1) is 37.8. The number of hydrogen-bond donors (Lipinski definition) is 0. The molecule has 302 valence electrons. The van der Waals surface area contributed by atoms with Crippen molar-refractivity contribution in [3.05, 3.63) is 224 Å². The van der Waals surface area contributed by atoms with Crippen LogP contribution in [-0.4, -0.2) is 15.0 Å². The van der Waals surface area contributed by atoms with E-state index in [0.29, 0.717) is 23.0 Å². The van der Waals surface area contributed by atoms with Crippen molar-refractivity contribution in [2.45, 2.75) is 0 Å². The van der Waals surface area contributed by atoms with Gasteiger partial charge in [-0.3, -0.25) is 0 Å². The van der Waals surface area contributed by atoms with E-state index in [1.165, 1.54) is 0 Å². The van der Waals surface area contributed by atoms with Crippen LogP contribution in [0, 0.1) is 11.3 Å². The van der Waals surface area contributed by atoms with Crippen LogP contribution in [0.5, 0.6) is 0 Å². The number of benzene rings is 10. The molecule has 0 N–H and O–H groups in total. The van der Waals surface area contributed by atoms with Crippen LogP contribution in [0.15, 0.2) is 223 Å². The van der Waals surface area contributed by atoms with E-state index >= 15 is 0 Å². The average Bonchev–Trinajstić information content (AvgIpc) is 3.79. The Hall–Kier alpha value is -8.98. The van der Waals surface area contributed by atoms with Crippen LogP contribution < -0.4 is 0 Å². The fraction of sp³-hybridized carbons (Fsp3) is 0. The molecule has 0 amide bonds. The topological polar surface area (TPSA) is 75.6 Å². The summed E-state index contributed by atoms with van der Waals surface area (Å²) in [4.78, 5) is 15.2. The first-order chi connectivity index (χ1) is 32.1. The summed E-state index contributed by atoms with van der Waals surface area (Å²) in [5.41, 5.74) is 13.8. The van der Waals surface area contributed by atoms with E-state index in [2.05, 4.69) is 158 Å². The zero-order chi connectivity index (χ0) is 43.3. The van der Waals surface area contributed by atoms with Crippen LogP contribution in [0.3, 0.4) is 0 Å². The number of nitrogens with zero attached hydrogens (tertiary/aromatic N) is 4. The number of fused-ring (bicyclic) bond motifs is 8. The quantitative estimate of drug-likeness (QED) is 0.150. The molecule has 12 rings (SSSR count). The normalized spacial score (nSPS) is 11.4. The summed E-state index contributed by atoms with van der Waals surface area (Å²) in [6, 6.07) is 77.6. The van der Waals surface area contributed by atoms with Crippen molar-refractivity contribution >= 4 is 43.5 Å². The standard InChI is InChI=1S/C60H36N4O/c61-37-38-24-26-40(27-25-38)42-16-9-18-44(32-42)46-28-30-50-51-31-29-47(36-54(51)57-56(53(50)35-46)52-22-7-8-23-55(52)65-57)45-19-11-21-49(34-45)60-63-58(41-14-5-2-6-15-41)62-59(64-60)48-20-10-17-43(33-48)39-12-3-1-4-13-39/h1-36H. The zero-order valence-electron chi connectivity index (χ0n) is 35.0. The van der Waals surface area contributed by atoms with E-state index in [1.807, 2.05) is 66.7 Å². The highest BCUT2D eigenvalue weighted by Gasteiger charge is 2.19. The lowest BCUT2D eigenvalue weighted by molar-refractivity contribution is 0.673. The molecule has 0 bridgehead atoms. The Balaban J connectivity index is 0.976. The third kappa shape index (κ3) is 6.87. The van der Waals surface area contributed by atoms with Gasteiger partial charge in [-0.25, -0.2) is 15.0 Å². The Labute approximate surface area is 375 Å². The molecule has 12 aromatic rings. The van der Waals surface area contributed by atoms with Gasteiger partial charge < -0.3 is 4.42 Å². The second-order valence-corrected chi connectivity index (χ2v) is 16.3. The number of hydrogen-bond acceptors (Lipinski definition) is 5. The van der Waals surface area contributed by atoms with Crippen LogP contribution in [0.1, 0.15) is 5.56 Å². The highest BCUT2D eigenvalue weighted by Crippen LogP contribution is 2.44. The molecule has 10 aromatic carbocycles. The second kappa shape index (κ2) is 15.7. The van der Waals surface area contributed by atoms with E-state index in [-0.39, 0.29) is 0 Å². The van der Waals surface area contributed by atoms with Crippen molar-refractivity contribution in [2.24, 2.45) is 0 Å². The fourth-order valence-electron chi connectivity index (χ4n) is 9.09. The van der Waals surface area contributed by atoms with E-state index in [0.717, 1.165) is 105 Å². The molecule has 0 atom stereocenters. The average molecular weight is 829 g/mol. The summed E-state index contributed by atoms with van der Waals surface area (Å²) in [7, 11) is 0. The molecule has 0 aliphatic heterocycles. The minimum absolute atomic E-state index is 0.602. The first-order valence-electron chi connectivity index (χ1n) is 21.6. The van der Waals surface area contributed by atoms with Gasteiger partial charge in [-0.15, -0.1) is 0 Å². The molecule has 0 fully saturated rings. The predicted molar refractivity (Wildman–Crippen MR) is 265 cm³/mol. The van der Waals surface area contributed by atoms with Crippen molar-refractivity contribution in [1.29, 1.82) is 5.26 Å². The van der Waals surface area contributed by atoms with E-state index < -0.39 is 0 Å². The van der Waals surface area contributed by atoms with Crippen molar-refractivity contribution in [1.82, 2.24) is 15.0 Å². The fourth-order valence-corrected chi connectivity index (χ4v) is 9.09. The van der Waals surface area contributed by atoms with Gasteiger partial charge in [0.1, 0.15) is 11.2 Å². The minimum atomic E-state index is 0.602. The molecule has 2 aromatic heterocycles. The third-order valence-electron chi connectivity index (χ3n) is 12.3. The van der Waals surface area contributed by atoms with Gasteiger partial charge in [-0.2, -0.15) is 5.26 Å². The molecule has 5 heteroatoms. The molecule has 2 heterocycles. The Morgan fingerprint density at radius 3 is 1.32 bits per heavy atom. The van der Waals surface area contributed by atoms with Crippen molar-refractivity contribution < 1.29 is 4.42 Å². The Morgan fingerprint density at radius 1 is 0.308 bits per heavy atom. The lowest BCUT2D eigenvalue weighted by atomic mass is 9.91. The number of furan rings is 1. The predicted octanol–water partition coefficient (Wildman–Crippen LogP) is 15.6. The largest absolute Gasteiger partial charge is 0.455 e. The molecule has 0 aliphatic carbocycles. The maximum Gasteiger partial charge on any atom is 0.164 e. The maximum atomic E-state index is 9.33. The molecule has 65 heavy (non-hydrogen) atoms. The van der Waals surface area contributed by atoms with Crippen LogP contribution in [0.2, 0.25) is 0 Å². The molecule has 0 radical (unpaired) electrons. The number of nitriles is 1. The molecule has 0 unspecified atom stereocenters. The smallest absolute Gasteiger partial charge is 0.164 e. The minimum Gasteiger partial charge on any atom is -0.455 e. The van der Waals surface area contributed by atoms with Gasteiger partial charge in [-0.05, 0) is 109 Å². The summed E-state index contributed by atoms with van der Waals surface area (Å²) in [5, 5.41) is 16.0. The van der Waals surface area contributed by atoms with Crippen molar-refractivity contribution in [2.75, 3.05) is 0 Å². The Morgan fingerprint density at radius 2 is 0.723 bits per heavy atom. The van der Waals surface area contributed by atoms with Crippen LogP contribution in [-0.2, 0) is 0 Å². The molecular weight excluding hydrogens is 793 g/mol. The van der Waals surface area contributed by atoms with Crippen molar-refractivity contribution in [3.63, 3.8) is 0 Å². The van der Waals surface area contributed by atoms with E-state index in [9.17, 15) is 5.26 Å². The Kier molecular flexibility index (Phi) is 9.14. The van der Waals surface area contributed by atoms with Gasteiger partial charge in [0, 0.05) is 32.8 Å². The van der Waals surface area contributed by atoms with E-state index in [4.69, 9.17) is 19.4 Å². The molecule has 0 saturated carbocycles. The summed E-state index contributed by atoms with van der Waals surface area (Å²) in [6.07, 6.45) is 0. The van der Waals surface area contributed by atoms with Gasteiger partial charge in [0.05, 0.1) is 11.6 Å². The van der Waals surface area contributed by atoms with Crippen LogP contribution in [0.4, 0.5) is 0 Å².